The fourth-order valence-electron chi connectivity index (χ4n) is 3.48. The Morgan fingerprint density at radius 3 is 2.39 bits per heavy atom. The van der Waals surface area contributed by atoms with E-state index >= 15 is 0 Å². The number of methoxy groups -OCH3 is 1. The average Bonchev–Trinajstić information content (AvgIpc) is 3.26. The molecule has 0 bridgehead atoms. The van der Waals surface area contributed by atoms with Crippen molar-refractivity contribution in [1.29, 1.82) is 0 Å². The average molecular weight is 512 g/mol. The van der Waals surface area contributed by atoms with Gasteiger partial charge in [0, 0.05) is 30.8 Å². The molecule has 3 amide bonds. The predicted octanol–water partition coefficient (Wildman–Crippen LogP) is 5.50. The molecule has 0 saturated carbocycles. The molecule has 0 unspecified atom stereocenters. The molecule has 0 fully saturated rings. The third kappa shape index (κ3) is 7.08. The summed E-state index contributed by atoms with van der Waals surface area (Å²) in [7, 11) is 1.55. The zero-order chi connectivity index (χ0) is 26.3. The maximum Gasteiger partial charge on any atom is 0.322 e. The van der Waals surface area contributed by atoms with Crippen LogP contribution in [0.3, 0.4) is 0 Å². The number of para-hydroxylation sites is 1. The van der Waals surface area contributed by atoms with Crippen molar-refractivity contribution in [1.82, 2.24) is 14.7 Å². The van der Waals surface area contributed by atoms with E-state index in [0.717, 1.165) is 12.1 Å². The van der Waals surface area contributed by atoms with Crippen LogP contribution in [0.4, 0.5) is 16.3 Å². The lowest BCUT2D eigenvalue weighted by Crippen LogP contribution is -2.42. The molecule has 0 atom stereocenters. The molecule has 1 aromatic heterocycles. The number of benzene rings is 2. The summed E-state index contributed by atoms with van der Waals surface area (Å²) in [5.41, 5.74) is 3.03. The number of nitrogens with zero attached hydrogens (tertiary/aromatic N) is 3. The van der Waals surface area contributed by atoms with Crippen molar-refractivity contribution in [2.45, 2.75) is 39.5 Å². The molecule has 1 heterocycles. The van der Waals surface area contributed by atoms with Crippen molar-refractivity contribution >= 4 is 35.0 Å². The van der Waals surface area contributed by atoms with Crippen LogP contribution in [-0.2, 0) is 21.4 Å². The smallest absolute Gasteiger partial charge is 0.322 e. The van der Waals surface area contributed by atoms with E-state index in [1.165, 1.54) is 10.5 Å². The summed E-state index contributed by atoms with van der Waals surface area (Å²) in [6.07, 6.45) is 0.913. The molecule has 8 nitrogen and oxygen atoms in total. The van der Waals surface area contributed by atoms with Gasteiger partial charge in [-0.05, 0) is 36.2 Å². The molecule has 36 heavy (non-hydrogen) atoms. The van der Waals surface area contributed by atoms with Crippen LogP contribution >= 0.6 is 11.6 Å². The number of hydrogen-bond donors (Lipinski definition) is 2. The van der Waals surface area contributed by atoms with Crippen molar-refractivity contribution in [2.24, 2.45) is 0 Å². The van der Waals surface area contributed by atoms with Crippen LogP contribution in [0.2, 0.25) is 5.02 Å². The number of nitrogens with one attached hydrogen (secondary N) is 2. The maximum absolute atomic E-state index is 13.1. The highest BCUT2D eigenvalue weighted by molar-refractivity contribution is 6.32. The van der Waals surface area contributed by atoms with Gasteiger partial charge in [0.05, 0.1) is 23.0 Å². The monoisotopic (exact) mass is 511 g/mol. The number of ether oxygens (including phenoxy) is 1. The van der Waals surface area contributed by atoms with E-state index in [1.807, 2.05) is 69.3 Å². The molecule has 0 aliphatic rings. The van der Waals surface area contributed by atoms with E-state index in [-0.39, 0.29) is 30.4 Å². The van der Waals surface area contributed by atoms with Crippen molar-refractivity contribution in [3.8, 4) is 5.69 Å². The number of carbonyl (C=O) groups is 2. The minimum Gasteiger partial charge on any atom is -0.383 e. The van der Waals surface area contributed by atoms with Crippen LogP contribution in [0.15, 0.2) is 54.6 Å². The standard InChI is InChI=1S/C27H34ClN5O3/c1-6-19-11-13-20(14-12-19)29-26(35)32(15-16-36-5)18-25(34)30-24-17-23(27(2,3)4)31-33(24)22-10-8-7-9-21(22)28/h7-14,17H,6,15-16,18H2,1-5H3,(H,29,35)(H,30,34). The second kappa shape index (κ2) is 12.1. The molecule has 9 heteroatoms. The number of aryl methyl sites for hydroxylation is 1. The number of rotatable bonds is 9. The van der Waals surface area contributed by atoms with Gasteiger partial charge in [-0.3, -0.25) is 4.79 Å². The Kier molecular flexibility index (Phi) is 9.12. The molecule has 0 radical (unpaired) electrons. The summed E-state index contributed by atoms with van der Waals surface area (Å²) >= 11 is 6.42. The molecule has 2 aromatic carbocycles. The highest BCUT2D eigenvalue weighted by Crippen LogP contribution is 2.29. The zero-order valence-electron chi connectivity index (χ0n) is 21.5. The first-order valence-corrected chi connectivity index (χ1v) is 12.3. The molecule has 2 N–H and O–H groups in total. The molecular weight excluding hydrogens is 478 g/mol. The van der Waals surface area contributed by atoms with Crippen LogP contribution in [0.25, 0.3) is 5.69 Å². The number of anilines is 2. The third-order valence-electron chi connectivity index (χ3n) is 5.63. The quantitative estimate of drug-likeness (QED) is 0.396. The Hall–Kier alpha value is -3.36. The summed E-state index contributed by atoms with van der Waals surface area (Å²) < 4.78 is 6.77. The Balaban J connectivity index is 1.80. The van der Waals surface area contributed by atoms with Crippen molar-refractivity contribution in [3.05, 3.63) is 70.9 Å². The summed E-state index contributed by atoms with van der Waals surface area (Å²) in [4.78, 5) is 27.5. The second-order valence-electron chi connectivity index (χ2n) is 9.47. The number of hydrogen-bond acceptors (Lipinski definition) is 4. The number of carbonyl (C=O) groups excluding carboxylic acids is 2. The normalized spacial score (nSPS) is 11.3. The minimum atomic E-state index is -0.388. The van der Waals surface area contributed by atoms with Gasteiger partial charge in [-0.2, -0.15) is 5.10 Å². The lowest BCUT2D eigenvalue weighted by atomic mass is 9.92. The van der Waals surface area contributed by atoms with E-state index in [2.05, 4.69) is 17.6 Å². The summed E-state index contributed by atoms with van der Waals surface area (Å²) in [5, 5.41) is 11.0. The first-order chi connectivity index (χ1) is 17.1. The zero-order valence-corrected chi connectivity index (χ0v) is 22.2. The van der Waals surface area contributed by atoms with Gasteiger partial charge in [0.1, 0.15) is 12.4 Å². The van der Waals surface area contributed by atoms with Gasteiger partial charge in [-0.15, -0.1) is 0 Å². The van der Waals surface area contributed by atoms with Gasteiger partial charge in [-0.25, -0.2) is 9.48 Å². The Labute approximate surface area is 217 Å². The van der Waals surface area contributed by atoms with E-state index in [9.17, 15) is 9.59 Å². The van der Waals surface area contributed by atoms with Crippen LogP contribution in [-0.4, -0.2) is 53.4 Å². The molecule has 0 spiro atoms. The van der Waals surface area contributed by atoms with Crippen LogP contribution in [0.5, 0.6) is 0 Å². The summed E-state index contributed by atoms with van der Waals surface area (Å²) in [5.74, 6) is 0.108. The number of aromatic nitrogens is 2. The molecule has 3 aromatic rings. The SMILES string of the molecule is CCc1ccc(NC(=O)N(CCOC)CC(=O)Nc2cc(C(C)(C)C)nn2-c2ccccc2Cl)cc1. The van der Waals surface area contributed by atoms with E-state index in [4.69, 9.17) is 21.4 Å². The highest BCUT2D eigenvalue weighted by atomic mass is 35.5. The molecular formula is C27H34ClN5O3. The van der Waals surface area contributed by atoms with Gasteiger partial charge in [-0.1, -0.05) is 63.6 Å². The summed E-state index contributed by atoms with van der Waals surface area (Å²) in [6, 6.07) is 16.4. The minimum absolute atomic E-state index is 0.166. The fraction of sp³-hybridized carbons (Fsp3) is 0.370. The molecule has 0 saturated heterocycles. The predicted molar refractivity (Wildman–Crippen MR) is 144 cm³/mol. The Bertz CT molecular complexity index is 1180. The lowest BCUT2D eigenvalue weighted by molar-refractivity contribution is -0.116. The van der Waals surface area contributed by atoms with Gasteiger partial charge in [0.2, 0.25) is 5.91 Å². The van der Waals surface area contributed by atoms with Crippen molar-refractivity contribution in [3.63, 3.8) is 0 Å². The topological polar surface area (TPSA) is 88.5 Å². The van der Waals surface area contributed by atoms with E-state index in [0.29, 0.717) is 28.8 Å². The largest absolute Gasteiger partial charge is 0.383 e. The molecule has 0 aliphatic heterocycles. The molecule has 3 rings (SSSR count). The lowest BCUT2D eigenvalue weighted by Gasteiger charge is -2.22. The van der Waals surface area contributed by atoms with Gasteiger partial charge in [0.15, 0.2) is 0 Å². The van der Waals surface area contributed by atoms with E-state index < -0.39 is 0 Å². The first-order valence-electron chi connectivity index (χ1n) is 11.9. The van der Waals surface area contributed by atoms with Gasteiger partial charge in [0.25, 0.3) is 0 Å². The fourth-order valence-corrected chi connectivity index (χ4v) is 3.70. The Morgan fingerprint density at radius 2 is 1.78 bits per heavy atom. The molecule has 0 aliphatic carbocycles. The molecule has 192 valence electrons. The number of amides is 3. The maximum atomic E-state index is 13.1. The van der Waals surface area contributed by atoms with Crippen LogP contribution < -0.4 is 10.6 Å². The van der Waals surface area contributed by atoms with Crippen molar-refractivity contribution < 1.29 is 14.3 Å². The van der Waals surface area contributed by atoms with Crippen molar-refractivity contribution in [2.75, 3.05) is 37.4 Å². The second-order valence-corrected chi connectivity index (χ2v) is 9.88. The highest BCUT2D eigenvalue weighted by Gasteiger charge is 2.24. The van der Waals surface area contributed by atoms with Crippen LogP contribution in [0.1, 0.15) is 39.0 Å². The number of halogens is 1. The van der Waals surface area contributed by atoms with Gasteiger partial charge >= 0.3 is 6.03 Å². The Morgan fingerprint density at radius 1 is 1.08 bits per heavy atom. The number of urea groups is 1. The first kappa shape index (κ1) is 27.2. The summed E-state index contributed by atoms with van der Waals surface area (Å²) in [6.45, 7) is 8.58. The third-order valence-corrected chi connectivity index (χ3v) is 5.95. The van der Waals surface area contributed by atoms with Gasteiger partial charge < -0.3 is 20.3 Å². The van der Waals surface area contributed by atoms with E-state index in [1.54, 1.807) is 17.9 Å². The van der Waals surface area contributed by atoms with Crippen LogP contribution in [0, 0.1) is 0 Å².